The van der Waals surface area contributed by atoms with Gasteiger partial charge in [-0.05, 0) is 11.8 Å². The molecule has 0 aliphatic carbocycles. The molecular weight excluding hydrogens is 228 g/mol. The molecule has 0 aliphatic rings. The van der Waals surface area contributed by atoms with Gasteiger partial charge < -0.3 is 5.32 Å². The molecule has 0 unspecified atom stereocenters. The highest BCUT2D eigenvalue weighted by atomic mass is 32.1. The monoisotopic (exact) mass is 254 g/mol. The van der Waals surface area contributed by atoms with Gasteiger partial charge in [-0.1, -0.05) is 41.5 Å². The van der Waals surface area contributed by atoms with E-state index in [0.717, 1.165) is 13.0 Å². The summed E-state index contributed by atoms with van der Waals surface area (Å²) in [5.41, 5.74) is 1.29. The second-order valence-electron chi connectivity index (χ2n) is 5.70. The Morgan fingerprint density at radius 1 is 1.12 bits per heavy atom. The van der Waals surface area contributed by atoms with Crippen LogP contribution in [0.2, 0.25) is 0 Å². The van der Waals surface area contributed by atoms with Gasteiger partial charge in [-0.2, -0.15) is 0 Å². The Morgan fingerprint density at radius 3 is 2.24 bits per heavy atom. The predicted octanol–water partition coefficient (Wildman–Crippen LogP) is 3.96. The highest BCUT2D eigenvalue weighted by Crippen LogP contribution is 2.26. The third kappa shape index (κ3) is 4.76. The van der Waals surface area contributed by atoms with Crippen molar-refractivity contribution in [1.29, 1.82) is 0 Å². The SMILES string of the molecule is CC(C)Cc1nc(C(C)C)c(CNC(C)C)s1. The average Bonchev–Trinajstić information content (AvgIpc) is 2.57. The summed E-state index contributed by atoms with van der Waals surface area (Å²) in [6.07, 6.45) is 1.10. The minimum absolute atomic E-state index is 0.524. The standard InChI is InChI=1S/C14H26N2S/c1-9(2)7-13-16-14(10(3)4)12(17-13)8-15-11(5)6/h9-11,15H,7-8H2,1-6H3. The molecule has 0 spiro atoms. The van der Waals surface area contributed by atoms with Crippen LogP contribution in [0.25, 0.3) is 0 Å². The zero-order chi connectivity index (χ0) is 13.0. The first-order valence-corrected chi connectivity index (χ1v) is 7.43. The third-order valence-electron chi connectivity index (χ3n) is 2.57. The molecule has 3 heteroatoms. The fourth-order valence-electron chi connectivity index (χ4n) is 1.73. The molecule has 1 heterocycles. The molecule has 1 N–H and O–H groups in total. The van der Waals surface area contributed by atoms with E-state index in [1.54, 1.807) is 0 Å². The molecule has 0 radical (unpaired) electrons. The van der Waals surface area contributed by atoms with Gasteiger partial charge in [0.25, 0.3) is 0 Å². The van der Waals surface area contributed by atoms with E-state index in [1.165, 1.54) is 15.6 Å². The molecule has 0 aromatic carbocycles. The van der Waals surface area contributed by atoms with E-state index in [4.69, 9.17) is 4.98 Å². The molecule has 0 amide bonds. The maximum atomic E-state index is 4.81. The lowest BCUT2D eigenvalue weighted by Crippen LogP contribution is -2.22. The van der Waals surface area contributed by atoms with Crippen molar-refractivity contribution in [1.82, 2.24) is 10.3 Å². The second-order valence-corrected chi connectivity index (χ2v) is 6.87. The van der Waals surface area contributed by atoms with Crippen molar-refractivity contribution in [3.63, 3.8) is 0 Å². The van der Waals surface area contributed by atoms with E-state index < -0.39 is 0 Å². The van der Waals surface area contributed by atoms with Gasteiger partial charge >= 0.3 is 0 Å². The summed E-state index contributed by atoms with van der Waals surface area (Å²) < 4.78 is 0. The molecule has 0 atom stereocenters. The number of nitrogens with zero attached hydrogens (tertiary/aromatic N) is 1. The Hall–Kier alpha value is -0.410. The van der Waals surface area contributed by atoms with Crippen LogP contribution in [0.5, 0.6) is 0 Å². The van der Waals surface area contributed by atoms with Crippen LogP contribution >= 0.6 is 11.3 Å². The fraction of sp³-hybridized carbons (Fsp3) is 0.786. The molecule has 0 saturated heterocycles. The molecule has 0 aliphatic heterocycles. The number of hydrogen-bond donors (Lipinski definition) is 1. The fourth-order valence-corrected chi connectivity index (χ4v) is 3.11. The van der Waals surface area contributed by atoms with Crippen LogP contribution in [-0.4, -0.2) is 11.0 Å². The molecule has 1 aromatic rings. The average molecular weight is 254 g/mol. The van der Waals surface area contributed by atoms with Crippen LogP contribution < -0.4 is 5.32 Å². The first-order valence-electron chi connectivity index (χ1n) is 6.62. The van der Waals surface area contributed by atoms with Crippen molar-refractivity contribution in [3.05, 3.63) is 15.6 Å². The third-order valence-corrected chi connectivity index (χ3v) is 3.67. The Morgan fingerprint density at radius 2 is 1.76 bits per heavy atom. The Labute approximate surface area is 110 Å². The van der Waals surface area contributed by atoms with Crippen molar-refractivity contribution in [2.45, 2.75) is 66.5 Å². The summed E-state index contributed by atoms with van der Waals surface area (Å²) in [5, 5.41) is 4.79. The van der Waals surface area contributed by atoms with Gasteiger partial charge in [-0.3, -0.25) is 0 Å². The van der Waals surface area contributed by atoms with Gasteiger partial charge in [0, 0.05) is 23.9 Å². The van der Waals surface area contributed by atoms with Gasteiger partial charge in [0.15, 0.2) is 0 Å². The largest absolute Gasteiger partial charge is 0.310 e. The maximum absolute atomic E-state index is 4.81. The van der Waals surface area contributed by atoms with Crippen LogP contribution in [0.3, 0.4) is 0 Å². The normalized spacial score (nSPS) is 12.1. The molecule has 0 bridgehead atoms. The van der Waals surface area contributed by atoms with Crippen molar-refractivity contribution in [3.8, 4) is 0 Å². The van der Waals surface area contributed by atoms with Gasteiger partial charge in [0.1, 0.15) is 0 Å². The highest BCUT2D eigenvalue weighted by molar-refractivity contribution is 7.11. The lowest BCUT2D eigenvalue weighted by molar-refractivity contribution is 0.587. The summed E-state index contributed by atoms with van der Waals surface area (Å²) >= 11 is 1.88. The van der Waals surface area contributed by atoms with Gasteiger partial charge in [-0.15, -0.1) is 11.3 Å². The molecule has 17 heavy (non-hydrogen) atoms. The number of rotatable bonds is 6. The zero-order valence-electron chi connectivity index (χ0n) is 12.0. The minimum atomic E-state index is 0.524. The second kappa shape index (κ2) is 6.50. The van der Waals surface area contributed by atoms with Crippen molar-refractivity contribution < 1.29 is 0 Å². The number of nitrogens with one attached hydrogen (secondary N) is 1. The summed E-state index contributed by atoms with van der Waals surface area (Å²) in [4.78, 5) is 6.23. The van der Waals surface area contributed by atoms with E-state index in [9.17, 15) is 0 Å². The molecule has 0 saturated carbocycles. The Kier molecular flexibility index (Phi) is 5.60. The molecule has 98 valence electrons. The van der Waals surface area contributed by atoms with Crippen LogP contribution in [0.4, 0.5) is 0 Å². The Bertz CT molecular complexity index is 340. The number of aromatic nitrogens is 1. The maximum Gasteiger partial charge on any atom is 0.0934 e. The van der Waals surface area contributed by atoms with Gasteiger partial charge in [0.05, 0.1) is 10.7 Å². The summed E-state index contributed by atoms with van der Waals surface area (Å²) in [6.45, 7) is 14.3. The number of thiazole rings is 1. The smallest absolute Gasteiger partial charge is 0.0934 e. The first kappa shape index (κ1) is 14.7. The minimum Gasteiger partial charge on any atom is -0.310 e. The highest BCUT2D eigenvalue weighted by Gasteiger charge is 2.14. The molecule has 1 aromatic heterocycles. The lowest BCUT2D eigenvalue weighted by atomic mass is 10.1. The van der Waals surface area contributed by atoms with Crippen molar-refractivity contribution in [2.24, 2.45) is 5.92 Å². The number of hydrogen-bond acceptors (Lipinski definition) is 3. The molecule has 2 nitrogen and oxygen atoms in total. The van der Waals surface area contributed by atoms with Crippen LogP contribution in [0, 0.1) is 5.92 Å². The summed E-state index contributed by atoms with van der Waals surface area (Å²) in [6, 6.07) is 0.533. The quantitative estimate of drug-likeness (QED) is 0.831. The van der Waals surface area contributed by atoms with E-state index in [2.05, 4.69) is 46.9 Å². The van der Waals surface area contributed by atoms with E-state index in [-0.39, 0.29) is 0 Å². The van der Waals surface area contributed by atoms with Gasteiger partial charge in [0.2, 0.25) is 0 Å². The van der Waals surface area contributed by atoms with Crippen molar-refractivity contribution >= 4 is 11.3 Å². The lowest BCUT2D eigenvalue weighted by Gasteiger charge is -2.09. The van der Waals surface area contributed by atoms with Crippen LogP contribution in [0.1, 0.15) is 63.0 Å². The van der Waals surface area contributed by atoms with Crippen molar-refractivity contribution in [2.75, 3.05) is 0 Å². The predicted molar refractivity (Wildman–Crippen MR) is 76.7 cm³/mol. The Balaban J connectivity index is 2.81. The molecule has 0 fully saturated rings. The van der Waals surface area contributed by atoms with Gasteiger partial charge in [-0.25, -0.2) is 4.98 Å². The molecule has 1 rings (SSSR count). The van der Waals surface area contributed by atoms with Crippen LogP contribution in [0.15, 0.2) is 0 Å². The molecular formula is C14H26N2S. The van der Waals surface area contributed by atoms with E-state index >= 15 is 0 Å². The summed E-state index contributed by atoms with van der Waals surface area (Å²) in [5.74, 6) is 1.21. The van der Waals surface area contributed by atoms with E-state index in [1.807, 2.05) is 11.3 Å². The van der Waals surface area contributed by atoms with Crippen LogP contribution in [-0.2, 0) is 13.0 Å². The van der Waals surface area contributed by atoms with E-state index in [0.29, 0.717) is 17.9 Å². The summed E-state index contributed by atoms with van der Waals surface area (Å²) in [7, 11) is 0. The topological polar surface area (TPSA) is 24.9 Å². The first-order chi connectivity index (χ1) is 7.90. The zero-order valence-corrected chi connectivity index (χ0v) is 12.8.